The van der Waals surface area contributed by atoms with Gasteiger partial charge in [-0.15, -0.1) is 0 Å². The lowest BCUT2D eigenvalue weighted by Gasteiger charge is -2.37. The molecule has 0 aromatic heterocycles. The molecule has 0 atom stereocenters. The Kier molecular flexibility index (Phi) is 4.00. The van der Waals surface area contributed by atoms with Crippen LogP contribution >= 0.6 is 0 Å². The summed E-state index contributed by atoms with van der Waals surface area (Å²) in [4.78, 5) is 9.77. The highest BCUT2D eigenvalue weighted by atomic mass is 32.2. The molecule has 9 heteroatoms. The molecular formula is C12H13F2NO5S. The summed E-state index contributed by atoms with van der Waals surface area (Å²) in [5, 5.41) is 8.78. The Morgan fingerprint density at radius 3 is 2.52 bits per heavy atom. The number of aromatic carboxylic acids is 1. The van der Waals surface area contributed by atoms with Crippen LogP contribution in [0.4, 0.5) is 8.78 Å². The van der Waals surface area contributed by atoms with Gasteiger partial charge in [-0.25, -0.2) is 26.7 Å². The van der Waals surface area contributed by atoms with Gasteiger partial charge in [-0.05, 0) is 12.1 Å². The van der Waals surface area contributed by atoms with Gasteiger partial charge in [0.1, 0.15) is 4.90 Å². The van der Waals surface area contributed by atoms with Crippen LogP contribution in [-0.4, -0.2) is 39.3 Å². The van der Waals surface area contributed by atoms with Crippen LogP contribution in [0.2, 0.25) is 0 Å². The predicted octanol–water partition coefficient (Wildman–Crippen LogP) is 0.978. The fourth-order valence-electron chi connectivity index (χ4n) is 1.78. The summed E-state index contributed by atoms with van der Waals surface area (Å²) in [5.41, 5.74) is -1.06. The van der Waals surface area contributed by atoms with Crippen LogP contribution in [-0.2, 0) is 14.8 Å². The first-order valence-electron chi connectivity index (χ1n) is 5.94. The summed E-state index contributed by atoms with van der Waals surface area (Å²) in [7, 11) is -4.36. The lowest BCUT2D eigenvalue weighted by atomic mass is 9.89. The van der Waals surface area contributed by atoms with Crippen molar-refractivity contribution in [2.45, 2.75) is 11.8 Å². The Hall–Kier alpha value is -1.58. The van der Waals surface area contributed by atoms with Crippen LogP contribution in [0, 0.1) is 17.0 Å². The highest BCUT2D eigenvalue weighted by Gasteiger charge is 2.35. The van der Waals surface area contributed by atoms with E-state index >= 15 is 0 Å². The molecule has 1 aliphatic rings. The van der Waals surface area contributed by atoms with Crippen LogP contribution in [0.3, 0.4) is 0 Å². The molecule has 0 aliphatic carbocycles. The molecule has 0 spiro atoms. The van der Waals surface area contributed by atoms with Gasteiger partial charge in [-0.2, -0.15) is 0 Å². The zero-order chi connectivity index (χ0) is 15.8. The second kappa shape index (κ2) is 5.32. The number of nitrogens with one attached hydrogen (secondary N) is 1. The van der Waals surface area contributed by atoms with Crippen molar-refractivity contribution in [1.29, 1.82) is 0 Å². The Bertz CT molecular complexity index is 685. The lowest BCUT2D eigenvalue weighted by Crippen LogP contribution is -2.48. The number of benzene rings is 1. The summed E-state index contributed by atoms with van der Waals surface area (Å²) < 4.78 is 58.1. The third kappa shape index (κ3) is 3.20. The van der Waals surface area contributed by atoms with Gasteiger partial charge in [-0.1, -0.05) is 6.92 Å². The minimum absolute atomic E-state index is 0.0201. The molecule has 21 heavy (non-hydrogen) atoms. The normalized spacial score (nSPS) is 17.3. The molecule has 2 N–H and O–H groups in total. The topological polar surface area (TPSA) is 92.7 Å². The first kappa shape index (κ1) is 15.8. The van der Waals surface area contributed by atoms with E-state index in [1.165, 1.54) is 0 Å². The van der Waals surface area contributed by atoms with Crippen molar-refractivity contribution >= 4 is 16.0 Å². The maximum absolute atomic E-state index is 13.6. The van der Waals surface area contributed by atoms with Crippen LogP contribution in [0.25, 0.3) is 0 Å². The molecule has 1 heterocycles. The number of halogens is 2. The molecule has 0 amide bonds. The average molecular weight is 321 g/mol. The van der Waals surface area contributed by atoms with E-state index in [0.717, 1.165) is 0 Å². The van der Waals surface area contributed by atoms with E-state index in [4.69, 9.17) is 9.84 Å². The fourth-order valence-corrected chi connectivity index (χ4v) is 3.09. The maximum Gasteiger partial charge on any atom is 0.335 e. The number of rotatable bonds is 5. The maximum atomic E-state index is 13.6. The molecule has 1 fully saturated rings. The molecule has 0 bridgehead atoms. The first-order valence-corrected chi connectivity index (χ1v) is 7.43. The molecule has 0 radical (unpaired) electrons. The van der Waals surface area contributed by atoms with Crippen molar-refractivity contribution in [1.82, 2.24) is 4.72 Å². The van der Waals surface area contributed by atoms with E-state index in [1.807, 2.05) is 0 Å². The number of hydrogen-bond acceptors (Lipinski definition) is 4. The van der Waals surface area contributed by atoms with E-state index < -0.39 is 43.5 Å². The number of carboxylic acids is 1. The third-order valence-electron chi connectivity index (χ3n) is 3.12. The molecular weight excluding hydrogens is 308 g/mol. The SMILES string of the molecule is CC1(CNS(=O)(=O)c2cc(C(=O)O)cc(F)c2F)COC1. The van der Waals surface area contributed by atoms with Gasteiger partial charge < -0.3 is 9.84 Å². The van der Waals surface area contributed by atoms with Crippen LogP contribution in [0.1, 0.15) is 17.3 Å². The largest absolute Gasteiger partial charge is 0.478 e. The third-order valence-corrected chi connectivity index (χ3v) is 4.52. The zero-order valence-corrected chi connectivity index (χ0v) is 11.8. The second-order valence-electron chi connectivity index (χ2n) is 5.20. The smallest absolute Gasteiger partial charge is 0.335 e. The van der Waals surface area contributed by atoms with Gasteiger partial charge in [0.15, 0.2) is 11.6 Å². The summed E-state index contributed by atoms with van der Waals surface area (Å²) in [6.45, 7) is 2.44. The number of sulfonamides is 1. The molecule has 6 nitrogen and oxygen atoms in total. The van der Waals surface area contributed by atoms with Crippen LogP contribution in [0.5, 0.6) is 0 Å². The van der Waals surface area contributed by atoms with Crippen molar-refractivity contribution in [3.05, 3.63) is 29.3 Å². The van der Waals surface area contributed by atoms with E-state index in [-0.39, 0.29) is 6.54 Å². The summed E-state index contributed by atoms with van der Waals surface area (Å²) in [5.74, 6) is -4.69. The van der Waals surface area contributed by atoms with Gasteiger partial charge in [0, 0.05) is 12.0 Å². The number of ether oxygens (including phenoxy) is 1. The fraction of sp³-hybridized carbons (Fsp3) is 0.417. The van der Waals surface area contributed by atoms with Gasteiger partial charge in [-0.3, -0.25) is 0 Å². The van der Waals surface area contributed by atoms with Crippen molar-refractivity contribution in [2.75, 3.05) is 19.8 Å². The Balaban J connectivity index is 2.32. The standard InChI is InChI=1S/C12H13F2NO5S/c1-12(5-20-6-12)4-15-21(18,19)9-3-7(11(16)17)2-8(13)10(9)14/h2-3,15H,4-6H2,1H3,(H,16,17). The highest BCUT2D eigenvalue weighted by molar-refractivity contribution is 7.89. The van der Waals surface area contributed by atoms with Gasteiger partial charge in [0.25, 0.3) is 0 Å². The highest BCUT2D eigenvalue weighted by Crippen LogP contribution is 2.26. The Morgan fingerprint density at radius 2 is 2.05 bits per heavy atom. The monoisotopic (exact) mass is 321 g/mol. The molecule has 0 unspecified atom stereocenters. The molecule has 0 saturated carbocycles. The van der Waals surface area contributed by atoms with Crippen LogP contribution in [0.15, 0.2) is 17.0 Å². The number of carbonyl (C=O) groups is 1. The van der Waals surface area contributed by atoms with E-state index in [0.29, 0.717) is 25.3 Å². The van der Waals surface area contributed by atoms with Crippen LogP contribution < -0.4 is 4.72 Å². The second-order valence-corrected chi connectivity index (χ2v) is 6.94. The number of hydrogen-bond donors (Lipinski definition) is 2. The minimum Gasteiger partial charge on any atom is -0.478 e. The van der Waals surface area contributed by atoms with E-state index in [9.17, 15) is 22.0 Å². The summed E-state index contributed by atoms with van der Waals surface area (Å²) in [6, 6.07) is 1.01. The molecule has 1 aromatic carbocycles. The molecule has 1 aromatic rings. The molecule has 1 aliphatic heterocycles. The Morgan fingerprint density at radius 1 is 1.43 bits per heavy atom. The van der Waals surface area contributed by atoms with Gasteiger partial charge in [0.05, 0.1) is 18.8 Å². The zero-order valence-electron chi connectivity index (χ0n) is 11.0. The van der Waals surface area contributed by atoms with E-state index in [2.05, 4.69) is 4.72 Å². The predicted molar refractivity (Wildman–Crippen MR) is 67.4 cm³/mol. The van der Waals surface area contributed by atoms with Crippen molar-refractivity contribution in [3.8, 4) is 0 Å². The first-order chi connectivity index (χ1) is 9.65. The van der Waals surface area contributed by atoms with Crippen molar-refractivity contribution in [2.24, 2.45) is 5.41 Å². The quantitative estimate of drug-likeness (QED) is 0.843. The average Bonchev–Trinajstić information content (AvgIpc) is 2.36. The minimum atomic E-state index is -4.36. The van der Waals surface area contributed by atoms with Gasteiger partial charge >= 0.3 is 5.97 Å². The molecule has 2 rings (SSSR count). The lowest BCUT2D eigenvalue weighted by molar-refractivity contribution is -0.0965. The van der Waals surface area contributed by atoms with Gasteiger partial charge in [0.2, 0.25) is 10.0 Å². The van der Waals surface area contributed by atoms with E-state index in [1.54, 1.807) is 6.92 Å². The summed E-state index contributed by atoms with van der Waals surface area (Å²) >= 11 is 0. The molecule has 1 saturated heterocycles. The van der Waals surface area contributed by atoms with Crippen molar-refractivity contribution < 1.29 is 31.8 Å². The Labute approximate surface area is 119 Å². The number of carboxylic acid groups (broad SMARTS) is 1. The van der Waals surface area contributed by atoms with Crippen molar-refractivity contribution in [3.63, 3.8) is 0 Å². The summed E-state index contributed by atoms with van der Waals surface area (Å²) in [6.07, 6.45) is 0. The molecule has 116 valence electrons.